The van der Waals surface area contributed by atoms with E-state index in [0.717, 1.165) is 0 Å². The maximum atomic E-state index is 12.0. The Bertz CT molecular complexity index is 203. The zero-order valence-electron chi connectivity index (χ0n) is 5.80. The molecule has 0 amide bonds. The maximum absolute atomic E-state index is 12.0. The Morgan fingerprint density at radius 3 is 2.90 bits per heavy atom. The predicted octanol–water partition coefficient (Wildman–Crippen LogP) is 1.66. The van der Waals surface area contributed by atoms with Gasteiger partial charge in [-0.25, -0.2) is 4.39 Å². The van der Waals surface area contributed by atoms with Gasteiger partial charge in [0.05, 0.1) is 0 Å². The zero-order valence-corrected chi connectivity index (χ0v) is 5.80. The lowest BCUT2D eigenvalue weighted by Gasteiger charge is -2.10. The van der Waals surface area contributed by atoms with E-state index in [-0.39, 0.29) is 11.7 Å². The topological polar surface area (TPSA) is 17.1 Å². The zero-order chi connectivity index (χ0) is 7.56. The summed E-state index contributed by atoms with van der Waals surface area (Å²) >= 11 is 0. The summed E-state index contributed by atoms with van der Waals surface area (Å²) in [7, 11) is 0. The molecule has 1 rings (SSSR count). The second-order valence-corrected chi connectivity index (χ2v) is 2.40. The number of carbonyl (C=O) groups excluding carboxylic acids is 1. The first-order valence-corrected chi connectivity index (χ1v) is 3.22. The van der Waals surface area contributed by atoms with Gasteiger partial charge in [0.15, 0.2) is 5.78 Å². The molecule has 2 heteroatoms. The molecule has 1 nitrogen and oxygen atoms in total. The average molecular weight is 140 g/mol. The van der Waals surface area contributed by atoms with Crippen LogP contribution in [0.3, 0.4) is 0 Å². The van der Waals surface area contributed by atoms with Gasteiger partial charge in [0, 0.05) is 0 Å². The van der Waals surface area contributed by atoms with E-state index >= 15 is 0 Å². The first kappa shape index (κ1) is 7.19. The number of hydrogen-bond donors (Lipinski definition) is 0. The summed E-state index contributed by atoms with van der Waals surface area (Å²) in [6.45, 7) is 1.35. The Balaban J connectivity index is 2.78. The minimum Gasteiger partial charge on any atom is -0.290 e. The number of alkyl halides is 1. The van der Waals surface area contributed by atoms with Gasteiger partial charge in [-0.1, -0.05) is 13.0 Å². The molecule has 1 atom stereocenters. The van der Waals surface area contributed by atoms with Crippen LogP contribution >= 0.6 is 0 Å². The molecule has 1 aliphatic rings. The molecule has 0 aromatic rings. The van der Waals surface area contributed by atoms with Gasteiger partial charge in [-0.15, -0.1) is 0 Å². The first-order valence-electron chi connectivity index (χ1n) is 3.22. The van der Waals surface area contributed by atoms with Crippen molar-refractivity contribution in [3.05, 3.63) is 23.8 Å². The predicted molar refractivity (Wildman–Crippen MR) is 37.4 cm³/mol. The third-order valence-electron chi connectivity index (χ3n) is 1.62. The molecule has 10 heavy (non-hydrogen) atoms. The van der Waals surface area contributed by atoms with E-state index in [9.17, 15) is 9.18 Å². The normalized spacial score (nSPS) is 24.8. The molecule has 0 unspecified atom stereocenters. The van der Waals surface area contributed by atoms with Gasteiger partial charge in [0.25, 0.3) is 0 Å². The van der Waals surface area contributed by atoms with E-state index in [1.54, 1.807) is 6.08 Å². The van der Waals surface area contributed by atoms with Gasteiger partial charge < -0.3 is 0 Å². The smallest absolute Gasteiger partial charge is 0.178 e. The fourth-order valence-corrected chi connectivity index (χ4v) is 0.885. The van der Waals surface area contributed by atoms with E-state index in [4.69, 9.17) is 0 Å². The summed E-state index contributed by atoms with van der Waals surface area (Å²) < 4.78 is 12.0. The highest BCUT2D eigenvalue weighted by molar-refractivity contribution is 6.00. The number of halogens is 1. The molecule has 0 aromatic heterocycles. The number of ketones is 1. The highest BCUT2D eigenvalue weighted by Crippen LogP contribution is 2.16. The largest absolute Gasteiger partial charge is 0.290 e. The molecule has 0 radical (unpaired) electrons. The molecule has 0 fully saturated rings. The molecule has 0 aromatic carbocycles. The van der Waals surface area contributed by atoms with Crippen molar-refractivity contribution in [2.45, 2.75) is 6.92 Å². The fraction of sp³-hybridized carbons (Fsp3) is 0.375. The lowest BCUT2D eigenvalue weighted by molar-refractivity contribution is -0.110. The molecule has 0 saturated carbocycles. The molecule has 0 N–H and O–H groups in total. The first-order chi connectivity index (χ1) is 4.74. The van der Waals surface area contributed by atoms with Gasteiger partial charge in [-0.2, -0.15) is 0 Å². The third-order valence-corrected chi connectivity index (χ3v) is 1.62. The lowest BCUT2D eigenvalue weighted by Crippen LogP contribution is -2.06. The van der Waals surface area contributed by atoms with Crippen molar-refractivity contribution < 1.29 is 9.18 Å². The second-order valence-electron chi connectivity index (χ2n) is 2.40. The number of allylic oxidation sites excluding steroid dienone is 4. The van der Waals surface area contributed by atoms with E-state index in [1.165, 1.54) is 12.2 Å². The van der Waals surface area contributed by atoms with Crippen molar-refractivity contribution in [3.63, 3.8) is 0 Å². The van der Waals surface area contributed by atoms with Crippen molar-refractivity contribution in [2.24, 2.45) is 5.92 Å². The highest BCUT2D eigenvalue weighted by atomic mass is 19.1. The van der Waals surface area contributed by atoms with Crippen LogP contribution in [0.1, 0.15) is 6.92 Å². The molecule has 0 bridgehead atoms. The molecule has 0 spiro atoms. The summed E-state index contributed by atoms with van der Waals surface area (Å²) in [5.74, 6) is -0.0200. The van der Waals surface area contributed by atoms with Crippen LogP contribution in [0, 0.1) is 5.92 Å². The Labute approximate surface area is 59.2 Å². The van der Waals surface area contributed by atoms with Crippen molar-refractivity contribution in [3.8, 4) is 0 Å². The van der Waals surface area contributed by atoms with Crippen LogP contribution in [0.2, 0.25) is 0 Å². The second kappa shape index (κ2) is 2.78. The van der Waals surface area contributed by atoms with Gasteiger partial charge >= 0.3 is 0 Å². The minimum atomic E-state index is -0.517. The van der Waals surface area contributed by atoms with Crippen molar-refractivity contribution >= 4 is 5.78 Å². The van der Waals surface area contributed by atoms with Crippen molar-refractivity contribution in [2.75, 3.05) is 6.67 Å². The van der Waals surface area contributed by atoms with Crippen LogP contribution in [-0.2, 0) is 4.79 Å². The van der Waals surface area contributed by atoms with Crippen molar-refractivity contribution in [1.29, 1.82) is 0 Å². The van der Waals surface area contributed by atoms with E-state index in [1.807, 2.05) is 6.92 Å². The summed E-state index contributed by atoms with van der Waals surface area (Å²) in [6, 6.07) is 0. The van der Waals surface area contributed by atoms with Crippen LogP contribution < -0.4 is 0 Å². The molecule has 0 aliphatic heterocycles. The quantitative estimate of drug-likeness (QED) is 0.541. The van der Waals surface area contributed by atoms with E-state index in [0.29, 0.717) is 5.57 Å². The van der Waals surface area contributed by atoms with Crippen LogP contribution in [0.4, 0.5) is 4.39 Å². The Morgan fingerprint density at radius 1 is 1.70 bits per heavy atom. The monoisotopic (exact) mass is 140 g/mol. The molecule has 0 saturated heterocycles. The summed E-state index contributed by atoms with van der Waals surface area (Å²) in [4.78, 5) is 10.6. The number of hydrogen-bond acceptors (Lipinski definition) is 1. The van der Waals surface area contributed by atoms with Crippen molar-refractivity contribution in [1.82, 2.24) is 0 Å². The average Bonchev–Trinajstić information content (AvgIpc) is 1.94. The number of carbonyl (C=O) groups is 1. The fourth-order valence-electron chi connectivity index (χ4n) is 0.885. The minimum absolute atomic E-state index is 0.0858. The summed E-state index contributed by atoms with van der Waals surface area (Å²) in [6.07, 6.45) is 4.56. The SMILES string of the molecule is C[C@@H]1C=CC(=O)C=C1CF. The van der Waals surface area contributed by atoms with E-state index in [2.05, 4.69) is 0 Å². The lowest BCUT2D eigenvalue weighted by atomic mass is 9.96. The van der Waals surface area contributed by atoms with Crippen LogP contribution in [0.5, 0.6) is 0 Å². The Hall–Kier alpha value is -0.920. The van der Waals surface area contributed by atoms with Gasteiger partial charge in [-0.3, -0.25) is 4.79 Å². The van der Waals surface area contributed by atoms with Crippen LogP contribution in [-0.4, -0.2) is 12.5 Å². The Kier molecular flexibility index (Phi) is 2.00. The van der Waals surface area contributed by atoms with E-state index < -0.39 is 6.67 Å². The van der Waals surface area contributed by atoms with Crippen LogP contribution in [0.25, 0.3) is 0 Å². The molecule has 0 heterocycles. The summed E-state index contributed by atoms with van der Waals surface area (Å²) in [5.41, 5.74) is 0.576. The van der Waals surface area contributed by atoms with Gasteiger partial charge in [0.1, 0.15) is 6.67 Å². The van der Waals surface area contributed by atoms with Gasteiger partial charge in [-0.05, 0) is 23.6 Å². The standard InChI is InChI=1S/C8H9FO/c1-6-2-3-8(10)4-7(6)5-9/h2-4,6H,5H2,1H3/t6-/m1/s1. The third kappa shape index (κ3) is 1.32. The van der Waals surface area contributed by atoms with Gasteiger partial charge in [0.2, 0.25) is 0 Å². The highest BCUT2D eigenvalue weighted by Gasteiger charge is 2.10. The maximum Gasteiger partial charge on any atom is 0.178 e. The molecule has 54 valence electrons. The molecular weight excluding hydrogens is 131 g/mol. The molecule has 1 aliphatic carbocycles. The number of rotatable bonds is 1. The Morgan fingerprint density at radius 2 is 2.40 bits per heavy atom. The molecular formula is C8H9FO. The van der Waals surface area contributed by atoms with Crippen LogP contribution in [0.15, 0.2) is 23.8 Å². The summed E-state index contributed by atoms with van der Waals surface area (Å²) in [5, 5.41) is 0.